The third-order valence-corrected chi connectivity index (χ3v) is 4.60. The average Bonchev–Trinajstić information content (AvgIpc) is 2.48. The molecule has 26 heavy (non-hydrogen) atoms. The van der Waals surface area contributed by atoms with Crippen LogP contribution in [0.2, 0.25) is 5.02 Å². The van der Waals surface area contributed by atoms with E-state index in [0.29, 0.717) is 16.4 Å². The van der Waals surface area contributed by atoms with Gasteiger partial charge in [-0.2, -0.15) is 5.26 Å². The highest BCUT2D eigenvalue weighted by Crippen LogP contribution is 2.28. The molecule has 0 bridgehead atoms. The molecule has 7 heteroatoms. The standard InChI is InChI=1S/C19H26ClN5O/c1-18(2)8-14(9-19(3,4)25-18)23-11-12(10-21)17(26)24-13-5-6-16(22)15(20)7-13/h5-7,11,14,23,25H,8-9,22H2,1-4H3,(H,24,26)/b12-11-. The Labute approximate surface area is 159 Å². The number of nitrogens with zero attached hydrogens (tertiary/aromatic N) is 1. The molecule has 0 radical (unpaired) electrons. The van der Waals surface area contributed by atoms with Crippen molar-refractivity contribution in [3.8, 4) is 6.07 Å². The Morgan fingerprint density at radius 1 is 1.35 bits per heavy atom. The molecule has 0 aromatic heterocycles. The summed E-state index contributed by atoms with van der Waals surface area (Å²) in [5, 5.41) is 19.2. The Morgan fingerprint density at radius 3 is 2.50 bits per heavy atom. The largest absolute Gasteiger partial charge is 0.398 e. The van der Waals surface area contributed by atoms with E-state index in [1.807, 2.05) is 6.07 Å². The number of carbonyl (C=O) groups is 1. The highest BCUT2D eigenvalue weighted by molar-refractivity contribution is 6.33. The van der Waals surface area contributed by atoms with Crippen molar-refractivity contribution in [1.29, 1.82) is 5.26 Å². The van der Waals surface area contributed by atoms with Crippen molar-refractivity contribution in [1.82, 2.24) is 10.6 Å². The number of hydrogen-bond donors (Lipinski definition) is 4. The number of nitrogens with one attached hydrogen (secondary N) is 3. The lowest BCUT2D eigenvalue weighted by molar-refractivity contribution is -0.112. The first kappa shape index (κ1) is 20.1. The van der Waals surface area contributed by atoms with Gasteiger partial charge in [0, 0.05) is 29.0 Å². The van der Waals surface area contributed by atoms with E-state index in [9.17, 15) is 10.1 Å². The zero-order valence-electron chi connectivity index (χ0n) is 15.6. The first-order valence-electron chi connectivity index (χ1n) is 8.53. The maximum absolute atomic E-state index is 12.3. The third kappa shape index (κ3) is 5.38. The molecule has 1 heterocycles. The minimum absolute atomic E-state index is 0.00657. The van der Waals surface area contributed by atoms with Gasteiger partial charge in [-0.15, -0.1) is 0 Å². The van der Waals surface area contributed by atoms with Crippen LogP contribution in [0, 0.1) is 11.3 Å². The number of benzene rings is 1. The van der Waals surface area contributed by atoms with Crippen molar-refractivity contribution in [3.63, 3.8) is 0 Å². The van der Waals surface area contributed by atoms with Crippen LogP contribution in [0.25, 0.3) is 0 Å². The minimum atomic E-state index is -0.492. The van der Waals surface area contributed by atoms with Crippen LogP contribution in [-0.2, 0) is 4.79 Å². The molecule has 1 fully saturated rings. The maximum Gasteiger partial charge on any atom is 0.267 e. The third-order valence-electron chi connectivity index (χ3n) is 4.28. The lowest BCUT2D eigenvalue weighted by Gasteiger charge is -2.46. The maximum atomic E-state index is 12.3. The van der Waals surface area contributed by atoms with Crippen LogP contribution < -0.4 is 21.7 Å². The zero-order chi connectivity index (χ0) is 19.5. The summed E-state index contributed by atoms with van der Waals surface area (Å²) in [4.78, 5) is 12.3. The second-order valence-corrected chi connectivity index (χ2v) is 8.43. The normalized spacial score (nSPS) is 19.5. The Hall–Kier alpha value is -2.23. The summed E-state index contributed by atoms with van der Waals surface area (Å²) in [5.74, 6) is -0.492. The van der Waals surface area contributed by atoms with Gasteiger partial charge in [0.1, 0.15) is 11.6 Å². The minimum Gasteiger partial charge on any atom is -0.398 e. The second-order valence-electron chi connectivity index (χ2n) is 8.02. The molecule has 1 aromatic carbocycles. The quantitative estimate of drug-likeness (QED) is 0.367. The molecule has 1 saturated heterocycles. The van der Waals surface area contributed by atoms with Gasteiger partial charge >= 0.3 is 0 Å². The molecule has 5 N–H and O–H groups in total. The van der Waals surface area contributed by atoms with E-state index in [1.165, 1.54) is 6.20 Å². The molecule has 140 valence electrons. The zero-order valence-corrected chi connectivity index (χ0v) is 16.4. The van der Waals surface area contributed by atoms with E-state index in [0.717, 1.165) is 12.8 Å². The first-order chi connectivity index (χ1) is 12.0. The topological polar surface area (TPSA) is 103 Å². The van der Waals surface area contributed by atoms with Gasteiger partial charge < -0.3 is 21.7 Å². The van der Waals surface area contributed by atoms with Gasteiger partial charge in [-0.05, 0) is 58.7 Å². The van der Waals surface area contributed by atoms with Crippen LogP contribution in [0.1, 0.15) is 40.5 Å². The average molecular weight is 376 g/mol. The number of anilines is 2. The number of nitrogens with two attached hydrogens (primary N) is 1. The second kappa shape index (κ2) is 7.56. The van der Waals surface area contributed by atoms with Crippen LogP contribution in [0.3, 0.4) is 0 Å². The number of halogens is 1. The van der Waals surface area contributed by atoms with Gasteiger partial charge in [0.15, 0.2) is 0 Å². The monoisotopic (exact) mass is 375 g/mol. The van der Waals surface area contributed by atoms with Crippen LogP contribution >= 0.6 is 11.6 Å². The molecule has 0 spiro atoms. The molecule has 6 nitrogen and oxygen atoms in total. The fourth-order valence-electron chi connectivity index (χ4n) is 3.59. The highest BCUT2D eigenvalue weighted by atomic mass is 35.5. The molecule has 0 atom stereocenters. The van der Waals surface area contributed by atoms with Crippen molar-refractivity contribution in [2.75, 3.05) is 11.1 Å². The molecule has 1 aliphatic heterocycles. The Balaban J connectivity index is 2.06. The van der Waals surface area contributed by atoms with Crippen LogP contribution in [0.15, 0.2) is 30.0 Å². The summed E-state index contributed by atoms with van der Waals surface area (Å²) < 4.78 is 0. The molecular weight excluding hydrogens is 350 g/mol. The van der Waals surface area contributed by atoms with Gasteiger partial charge in [-0.1, -0.05) is 11.6 Å². The van der Waals surface area contributed by atoms with Crippen molar-refractivity contribution in [2.45, 2.75) is 57.7 Å². The molecule has 0 unspecified atom stereocenters. The number of piperidine rings is 1. The summed E-state index contributed by atoms with van der Waals surface area (Å²) in [6.45, 7) is 8.59. The molecular formula is C19H26ClN5O. The van der Waals surface area contributed by atoms with Crippen molar-refractivity contribution in [3.05, 3.63) is 35.0 Å². The van der Waals surface area contributed by atoms with E-state index in [4.69, 9.17) is 17.3 Å². The molecule has 1 aromatic rings. The lowest BCUT2D eigenvalue weighted by Crippen LogP contribution is -2.61. The number of nitriles is 1. The Bertz CT molecular complexity index is 748. The number of nitrogen functional groups attached to an aromatic ring is 1. The van der Waals surface area contributed by atoms with Crippen molar-refractivity contribution >= 4 is 28.9 Å². The van der Waals surface area contributed by atoms with Crippen molar-refractivity contribution in [2.24, 2.45) is 0 Å². The van der Waals surface area contributed by atoms with E-state index in [2.05, 4.69) is 43.6 Å². The molecule has 1 amide bonds. The predicted octanol–water partition coefficient (Wildman–Crippen LogP) is 3.17. The van der Waals surface area contributed by atoms with E-state index in [-0.39, 0.29) is 22.7 Å². The predicted molar refractivity (Wildman–Crippen MR) is 106 cm³/mol. The van der Waals surface area contributed by atoms with Crippen molar-refractivity contribution < 1.29 is 4.79 Å². The summed E-state index contributed by atoms with van der Waals surface area (Å²) >= 11 is 5.95. The van der Waals surface area contributed by atoms with Gasteiger partial charge in [0.2, 0.25) is 0 Å². The fourth-order valence-corrected chi connectivity index (χ4v) is 3.77. The van der Waals surface area contributed by atoms with Gasteiger partial charge in [0.25, 0.3) is 5.91 Å². The summed E-state index contributed by atoms with van der Waals surface area (Å²) in [5.41, 5.74) is 6.53. The number of rotatable bonds is 4. The number of amides is 1. The summed E-state index contributed by atoms with van der Waals surface area (Å²) in [6, 6.07) is 6.90. The SMILES string of the molecule is CC1(C)CC(N/C=C(/C#N)C(=O)Nc2ccc(N)c(Cl)c2)CC(C)(C)N1. The van der Waals surface area contributed by atoms with Gasteiger partial charge in [-0.25, -0.2) is 0 Å². The molecule has 0 saturated carbocycles. The Kier molecular flexibility index (Phi) is 5.84. The van der Waals surface area contributed by atoms with Crippen LogP contribution in [0.4, 0.5) is 11.4 Å². The first-order valence-corrected chi connectivity index (χ1v) is 8.91. The highest BCUT2D eigenvalue weighted by Gasteiger charge is 2.37. The fraction of sp³-hybridized carbons (Fsp3) is 0.474. The van der Waals surface area contributed by atoms with E-state index < -0.39 is 5.91 Å². The molecule has 1 aliphatic rings. The summed E-state index contributed by atoms with van der Waals surface area (Å²) in [7, 11) is 0. The van der Waals surface area contributed by atoms with E-state index in [1.54, 1.807) is 18.2 Å². The summed E-state index contributed by atoms with van der Waals surface area (Å²) in [6.07, 6.45) is 3.28. The van der Waals surface area contributed by atoms with Gasteiger partial charge in [-0.3, -0.25) is 4.79 Å². The lowest BCUT2D eigenvalue weighted by atomic mass is 9.80. The smallest absolute Gasteiger partial charge is 0.267 e. The Morgan fingerprint density at radius 2 is 1.96 bits per heavy atom. The number of carbonyl (C=O) groups excluding carboxylic acids is 1. The van der Waals surface area contributed by atoms with E-state index >= 15 is 0 Å². The molecule has 0 aliphatic carbocycles. The van der Waals surface area contributed by atoms with Gasteiger partial charge in [0.05, 0.1) is 10.7 Å². The molecule has 2 rings (SSSR count). The number of hydrogen-bond acceptors (Lipinski definition) is 5. The van der Waals surface area contributed by atoms with Crippen LogP contribution in [-0.4, -0.2) is 23.0 Å². The van der Waals surface area contributed by atoms with Crippen LogP contribution in [0.5, 0.6) is 0 Å².